The molecule has 0 aliphatic heterocycles. The van der Waals surface area contributed by atoms with E-state index in [2.05, 4.69) is 64.2 Å². The minimum absolute atomic E-state index is 0.448. The van der Waals surface area contributed by atoms with E-state index < -0.39 is 0 Å². The summed E-state index contributed by atoms with van der Waals surface area (Å²) in [5.74, 6) is 2.78. The maximum atomic E-state index is 5.88. The minimum Gasteiger partial charge on any atom is -0.485 e. The van der Waals surface area contributed by atoms with Crippen molar-refractivity contribution in [2.24, 2.45) is 0 Å². The van der Waals surface area contributed by atoms with E-state index in [9.17, 15) is 0 Å². The molecule has 0 fully saturated rings. The highest BCUT2D eigenvalue weighted by atomic mass is 16.5. The summed E-state index contributed by atoms with van der Waals surface area (Å²) in [6, 6.07) is 8.74. The van der Waals surface area contributed by atoms with Crippen LogP contribution in [0.1, 0.15) is 42.1 Å². The van der Waals surface area contributed by atoms with Gasteiger partial charge in [0.05, 0.1) is 6.54 Å². The van der Waals surface area contributed by atoms with Crippen LogP contribution in [0.3, 0.4) is 0 Å². The lowest BCUT2D eigenvalue weighted by Crippen LogP contribution is -2.21. The van der Waals surface area contributed by atoms with Crippen LogP contribution in [0.15, 0.2) is 28.7 Å². The lowest BCUT2D eigenvalue weighted by molar-refractivity contribution is 0.263. The number of rotatable bonds is 6. The zero-order valence-corrected chi connectivity index (χ0v) is 13.6. The lowest BCUT2D eigenvalue weighted by atomic mass is 10.1. The van der Waals surface area contributed by atoms with E-state index in [1.165, 1.54) is 11.1 Å². The van der Waals surface area contributed by atoms with Crippen LogP contribution >= 0.6 is 0 Å². The maximum absolute atomic E-state index is 5.88. The molecule has 0 unspecified atom stereocenters. The van der Waals surface area contributed by atoms with Crippen molar-refractivity contribution in [3.63, 3.8) is 0 Å². The first-order valence-electron chi connectivity index (χ1n) is 7.47. The van der Waals surface area contributed by atoms with Gasteiger partial charge in [-0.15, -0.1) is 0 Å². The van der Waals surface area contributed by atoms with Gasteiger partial charge in [0.25, 0.3) is 0 Å². The van der Waals surface area contributed by atoms with Crippen molar-refractivity contribution in [2.75, 3.05) is 0 Å². The summed E-state index contributed by atoms with van der Waals surface area (Å²) < 4.78 is 11.8. The maximum Gasteiger partial charge on any atom is 0.146 e. The van der Waals surface area contributed by atoms with Crippen LogP contribution in [0.4, 0.5) is 0 Å². The molecule has 2 rings (SSSR count). The topological polar surface area (TPSA) is 34.4 Å². The molecule has 0 saturated carbocycles. The molecule has 2 aromatic rings. The van der Waals surface area contributed by atoms with Crippen molar-refractivity contribution < 1.29 is 9.15 Å². The molecule has 0 bridgehead atoms. The molecule has 1 aromatic heterocycles. The van der Waals surface area contributed by atoms with Crippen molar-refractivity contribution in [3.05, 3.63) is 52.5 Å². The molecule has 3 nitrogen and oxygen atoms in total. The number of hydrogen-bond donors (Lipinski definition) is 1. The zero-order valence-electron chi connectivity index (χ0n) is 13.6. The van der Waals surface area contributed by atoms with Gasteiger partial charge in [0.15, 0.2) is 0 Å². The lowest BCUT2D eigenvalue weighted by Gasteiger charge is -2.09. The summed E-state index contributed by atoms with van der Waals surface area (Å²) in [5, 5.41) is 3.37. The van der Waals surface area contributed by atoms with Gasteiger partial charge in [-0.2, -0.15) is 0 Å². The number of nitrogens with one attached hydrogen (secondary N) is 1. The number of furan rings is 1. The summed E-state index contributed by atoms with van der Waals surface area (Å²) >= 11 is 0. The van der Waals surface area contributed by atoms with Crippen molar-refractivity contribution in [1.82, 2.24) is 5.32 Å². The van der Waals surface area contributed by atoms with E-state index in [4.69, 9.17) is 9.15 Å². The third kappa shape index (κ3) is 4.36. The fourth-order valence-electron chi connectivity index (χ4n) is 2.15. The first kappa shape index (κ1) is 15.6. The fourth-order valence-corrected chi connectivity index (χ4v) is 2.15. The van der Waals surface area contributed by atoms with Gasteiger partial charge in [-0.05, 0) is 49.6 Å². The standard InChI is InChI=1S/C18H25NO2/c1-12(2)19-10-18-15(5)9-16(21-18)11-20-17-8-13(3)6-7-14(17)4/h6-9,12,19H,10-11H2,1-5H3. The number of aryl methyl sites for hydroxylation is 3. The van der Waals surface area contributed by atoms with Crippen LogP contribution in [0.25, 0.3) is 0 Å². The summed E-state index contributed by atoms with van der Waals surface area (Å²) in [6.07, 6.45) is 0. The molecule has 0 radical (unpaired) electrons. The van der Waals surface area contributed by atoms with Crippen LogP contribution in [-0.2, 0) is 13.2 Å². The van der Waals surface area contributed by atoms with E-state index in [1.807, 2.05) is 0 Å². The molecule has 0 aliphatic rings. The first-order chi connectivity index (χ1) is 9.95. The van der Waals surface area contributed by atoms with E-state index in [0.29, 0.717) is 12.6 Å². The quantitative estimate of drug-likeness (QED) is 0.861. The van der Waals surface area contributed by atoms with Crippen molar-refractivity contribution in [2.45, 2.75) is 53.8 Å². The molecule has 0 saturated heterocycles. The van der Waals surface area contributed by atoms with Gasteiger partial charge in [0.2, 0.25) is 0 Å². The molecule has 1 N–H and O–H groups in total. The second-order valence-corrected chi connectivity index (χ2v) is 5.91. The van der Waals surface area contributed by atoms with Crippen LogP contribution in [0, 0.1) is 20.8 Å². The molecular weight excluding hydrogens is 262 g/mol. The molecule has 0 spiro atoms. The molecule has 1 heterocycles. The predicted octanol–water partition coefficient (Wildman–Crippen LogP) is 4.28. The Hall–Kier alpha value is -1.74. The largest absolute Gasteiger partial charge is 0.485 e. The summed E-state index contributed by atoms with van der Waals surface area (Å²) in [7, 11) is 0. The predicted molar refractivity (Wildman–Crippen MR) is 85.7 cm³/mol. The van der Waals surface area contributed by atoms with E-state index >= 15 is 0 Å². The summed E-state index contributed by atoms with van der Waals surface area (Å²) in [4.78, 5) is 0. The molecule has 0 atom stereocenters. The van der Waals surface area contributed by atoms with E-state index in [1.54, 1.807) is 0 Å². The van der Waals surface area contributed by atoms with Crippen molar-refractivity contribution in [1.29, 1.82) is 0 Å². The second kappa shape index (κ2) is 6.81. The highest BCUT2D eigenvalue weighted by molar-refractivity contribution is 5.36. The summed E-state index contributed by atoms with van der Waals surface area (Å²) in [5.41, 5.74) is 3.52. The Bertz CT molecular complexity index is 599. The van der Waals surface area contributed by atoms with E-state index in [0.717, 1.165) is 29.4 Å². The van der Waals surface area contributed by atoms with Gasteiger partial charge in [-0.1, -0.05) is 26.0 Å². The average Bonchev–Trinajstić information content (AvgIpc) is 2.78. The third-order valence-electron chi connectivity index (χ3n) is 3.46. The second-order valence-electron chi connectivity index (χ2n) is 5.91. The highest BCUT2D eigenvalue weighted by Crippen LogP contribution is 2.22. The highest BCUT2D eigenvalue weighted by Gasteiger charge is 2.09. The Morgan fingerprint density at radius 2 is 1.86 bits per heavy atom. The SMILES string of the molecule is Cc1ccc(C)c(OCc2cc(C)c(CNC(C)C)o2)c1. The van der Waals surface area contributed by atoms with E-state index in [-0.39, 0.29) is 0 Å². The van der Waals surface area contributed by atoms with Gasteiger partial charge < -0.3 is 14.5 Å². The van der Waals surface area contributed by atoms with Gasteiger partial charge in [-0.25, -0.2) is 0 Å². The number of hydrogen-bond acceptors (Lipinski definition) is 3. The Morgan fingerprint density at radius 3 is 2.57 bits per heavy atom. The Labute approximate surface area is 127 Å². The van der Waals surface area contributed by atoms with Crippen molar-refractivity contribution in [3.8, 4) is 5.75 Å². The summed E-state index contributed by atoms with van der Waals surface area (Å²) in [6.45, 7) is 11.7. The molecular formula is C18H25NO2. The van der Waals surface area contributed by atoms with Gasteiger partial charge in [-0.3, -0.25) is 0 Å². The molecule has 21 heavy (non-hydrogen) atoms. The molecule has 0 aliphatic carbocycles. The Morgan fingerprint density at radius 1 is 1.10 bits per heavy atom. The molecule has 114 valence electrons. The number of benzene rings is 1. The average molecular weight is 287 g/mol. The third-order valence-corrected chi connectivity index (χ3v) is 3.46. The fraction of sp³-hybridized carbons (Fsp3) is 0.444. The van der Waals surface area contributed by atoms with Gasteiger partial charge >= 0.3 is 0 Å². The molecule has 3 heteroatoms. The van der Waals surface area contributed by atoms with Gasteiger partial charge in [0, 0.05) is 6.04 Å². The molecule has 1 aromatic carbocycles. The first-order valence-corrected chi connectivity index (χ1v) is 7.47. The zero-order chi connectivity index (χ0) is 15.4. The van der Waals surface area contributed by atoms with Gasteiger partial charge in [0.1, 0.15) is 23.9 Å². The van der Waals surface area contributed by atoms with Crippen molar-refractivity contribution >= 4 is 0 Å². The van der Waals surface area contributed by atoms with Crippen LogP contribution in [-0.4, -0.2) is 6.04 Å². The normalized spacial score (nSPS) is 11.1. The van der Waals surface area contributed by atoms with Crippen LogP contribution < -0.4 is 10.1 Å². The monoisotopic (exact) mass is 287 g/mol. The smallest absolute Gasteiger partial charge is 0.146 e. The van der Waals surface area contributed by atoms with Crippen LogP contribution in [0.2, 0.25) is 0 Å². The Balaban J connectivity index is 2.00. The minimum atomic E-state index is 0.448. The molecule has 0 amide bonds. The number of ether oxygens (including phenoxy) is 1. The Kier molecular flexibility index (Phi) is 5.07. The van der Waals surface area contributed by atoms with Crippen LogP contribution in [0.5, 0.6) is 5.75 Å².